The lowest BCUT2D eigenvalue weighted by atomic mass is 10.3. The standard InChI is InChI=1S/C6H8NOP/c7-4-2-1-3-5(8)6(4)9/h1-3,8H,7,9H2. The Morgan fingerprint density at radius 2 is 2.11 bits per heavy atom. The van der Waals surface area contributed by atoms with E-state index in [-0.39, 0.29) is 5.75 Å². The molecule has 0 bridgehead atoms. The molecule has 3 N–H and O–H groups in total. The Morgan fingerprint density at radius 3 is 2.56 bits per heavy atom. The van der Waals surface area contributed by atoms with Gasteiger partial charge < -0.3 is 10.8 Å². The second-order valence-corrected chi connectivity index (χ2v) is 2.36. The number of phenols is 1. The van der Waals surface area contributed by atoms with Crippen molar-refractivity contribution in [3.63, 3.8) is 0 Å². The van der Waals surface area contributed by atoms with Gasteiger partial charge in [-0.15, -0.1) is 0 Å². The quantitative estimate of drug-likeness (QED) is 0.407. The van der Waals surface area contributed by atoms with E-state index in [4.69, 9.17) is 10.8 Å². The van der Waals surface area contributed by atoms with Crippen molar-refractivity contribution in [2.75, 3.05) is 5.73 Å². The molecule has 0 aliphatic rings. The summed E-state index contributed by atoms with van der Waals surface area (Å²) in [7, 11) is 2.37. The third kappa shape index (κ3) is 1.14. The highest BCUT2D eigenvalue weighted by molar-refractivity contribution is 7.28. The first kappa shape index (κ1) is 6.37. The van der Waals surface area contributed by atoms with Crippen LogP contribution < -0.4 is 11.0 Å². The van der Waals surface area contributed by atoms with E-state index in [2.05, 4.69) is 9.24 Å². The minimum atomic E-state index is 0.222. The molecule has 9 heavy (non-hydrogen) atoms. The van der Waals surface area contributed by atoms with Crippen molar-refractivity contribution in [2.45, 2.75) is 0 Å². The summed E-state index contributed by atoms with van der Waals surface area (Å²) in [5.74, 6) is 0.222. The van der Waals surface area contributed by atoms with Gasteiger partial charge in [0.25, 0.3) is 0 Å². The van der Waals surface area contributed by atoms with Crippen molar-refractivity contribution in [1.82, 2.24) is 0 Å². The van der Waals surface area contributed by atoms with Crippen LogP contribution in [0.25, 0.3) is 0 Å². The van der Waals surface area contributed by atoms with Gasteiger partial charge in [0, 0.05) is 11.0 Å². The first-order chi connectivity index (χ1) is 4.22. The van der Waals surface area contributed by atoms with E-state index in [9.17, 15) is 0 Å². The lowest BCUT2D eigenvalue weighted by Gasteiger charge is -1.99. The molecule has 0 radical (unpaired) electrons. The Hall–Kier alpha value is -0.750. The van der Waals surface area contributed by atoms with Crippen LogP contribution in [0.2, 0.25) is 0 Å². The summed E-state index contributed by atoms with van der Waals surface area (Å²) in [5.41, 5.74) is 6.04. The van der Waals surface area contributed by atoms with Gasteiger partial charge in [0.1, 0.15) is 5.75 Å². The summed E-state index contributed by atoms with van der Waals surface area (Å²) < 4.78 is 0. The molecule has 1 unspecified atom stereocenters. The van der Waals surface area contributed by atoms with Gasteiger partial charge in [-0.05, 0) is 12.1 Å². The van der Waals surface area contributed by atoms with Crippen molar-refractivity contribution in [3.05, 3.63) is 18.2 Å². The molecule has 2 nitrogen and oxygen atoms in total. The number of hydrogen-bond acceptors (Lipinski definition) is 2. The van der Waals surface area contributed by atoms with E-state index in [0.717, 1.165) is 0 Å². The molecule has 0 spiro atoms. The number of nitrogens with two attached hydrogens (primary N) is 1. The van der Waals surface area contributed by atoms with E-state index in [1.54, 1.807) is 18.2 Å². The summed E-state index contributed by atoms with van der Waals surface area (Å²) in [6.07, 6.45) is 0. The van der Waals surface area contributed by atoms with Crippen LogP contribution >= 0.6 is 9.24 Å². The fourth-order valence-electron chi connectivity index (χ4n) is 0.570. The summed E-state index contributed by atoms with van der Waals surface area (Å²) in [6.45, 7) is 0. The summed E-state index contributed by atoms with van der Waals surface area (Å²) in [6, 6.07) is 5.04. The van der Waals surface area contributed by atoms with Crippen LogP contribution in [0.3, 0.4) is 0 Å². The second kappa shape index (κ2) is 2.24. The highest BCUT2D eigenvalue weighted by Crippen LogP contribution is 2.12. The van der Waals surface area contributed by atoms with Crippen LogP contribution in [0, 0.1) is 0 Å². The Bertz CT molecular complexity index is 204. The highest BCUT2D eigenvalue weighted by Gasteiger charge is 1.95. The highest BCUT2D eigenvalue weighted by atomic mass is 31.0. The Kier molecular flexibility index (Phi) is 1.58. The third-order valence-corrected chi connectivity index (χ3v) is 1.75. The largest absolute Gasteiger partial charge is 0.507 e. The van der Waals surface area contributed by atoms with Gasteiger partial charge in [0.2, 0.25) is 0 Å². The van der Waals surface area contributed by atoms with Gasteiger partial charge >= 0.3 is 0 Å². The van der Waals surface area contributed by atoms with Crippen molar-refractivity contribution in [1.29, 1.82) is 0 Å². The molecule has 0 aliphatic heterocycles. The molecule has 0 amide bonds. The lowest BCUT2D eigenvalue weighted by Crippen LogP contribution is -2.00. The maximum absolute atomic E-state index is 9.00. The molecule has 0 heterocycles. The topological polar surface area (TPSA) is 46.2 Å². The fraction of sp³-hybridized carbons (Fsp3) is 0. The summed E-state index contributed by atoms with van der Waals surface area (Å²) >= 11 is 0. The molecule has 0 aromatic heterocycles. The minimum Gasteiger partial charge on any atom is -0.507 e. The smallest absolute Gasteiger partial charge is 0.124 e. The van der Waals surface area contributed by atoms with E-state index >= 15 is 0 Å². The number of rotatable bonds is 0. The predicted molar refractivity (Wildman–Crippen MR) is 41.9 cm³/mol. The Labute approximate surface area is 55.9 Å². The number of anilines is 1. The number of benzene rings is 1. The molecule has 48 valence electrons. The third-order valence-electron chi connectivity index (χ3n) is 1.12. The molecule has 0 aliphatic carbocycles. The average molecular weight is 141 g/mol. The average Bonchev–Trinajstić information content (AvgIpc) is 1.83. The number of hydrogen-bond donors (Lipinski definition) is 2. The van der Waals surface area contributed by atoms with Crippen LogP contribution in [-0.2, 0) is 0 Å². The van der Waals surface area contributed by atoms with Gasteiger partial charge in [-0.2, -0.15) is 0 Å². The maximum Gasteiger partial charge on any atom is 0.124 e. The van der Waals surface area contributed by atoms with Gasteiger partial charge in [0.15, 0.2) is 0 Å². The van der Waals surface area contributed by atoms with Crippen LogP contribution in [0.4, 0.5) is 5.69 Å². The molecule has 1 atom stereocenters. The zero-order chi connectivity index (χ0) is 6.85. The number of nitrogen functional groups attached to an aromatic ring is 1. The van der Waals surface area contributed by atoms with Crippen LogP contribution in [0.1, 0.15) is 0 Å². The van der Waals surface area contributed by atoms with Gasteiger partial charge in [-0.25, -0.2) is 0 Å². The summed E-state index contributed by atoms with van der Waals surface area (Å²) in [5, 5.41) is 9.66. The molecule has 1 rings (SSSR count). The van der Waals surface area contributed by atoms with Crippen molar-refractivity contribution < 1.29 is 5.11 Å². The molecule has 3 heteroatoms. The van der Waals surface area contributed by atoms with Gasteiger partial charge in [0.05, 0.1) is 0 Å². The van der Waals surface area contributed by atoms with Crippen LogP contribution in [0.15, 0.2) is 18.2 Å². The summed E-state index contributed by atoms with van der Waals surface area (Å²) in [4.78, 5) is 0. The van der Waals surface area contributed by atoms with Gasteiger partial charge in [-0.1, -0.05) is 15.3 Å². The first-order valence-corrected chi connectivity index (χ1v) is 3.12. The van der Waals surface area contributed by atoms with Crippen molar-refractivity contribution in [3.8, 4) is 5.75 Å². The zero-order valence-electron chi connectivity index (χ0n) is 4.83. The minimum absolute atomic E-state index is 0.222. The second-order valence-electron chi connectivity index (χ2n) is 1.78. The SMILES string of the molecule is Nc1cccc(O)c1P. The monoisotopic (exact) mass is 141 g/mol. The molecule has 0 fully saturated rings. The predicted octanol–water partition coefficient (Wildman–Crippen LogP) is 0.475. The lowest BCUT2D eigenvalue weighted by molar-refractivity contribution is 0.480. The van der Waals surface area contributed by atoms with Crippen molar-refractivity contribution in [2.24, 2.45) is 0 Å². The van der Waals surface area contributed by atoms with E-state index in [1.807, 2.05) is 0 Å². The van der Waals surface area contributed by atoms with E-state index in [1.165, 1.54) is 0 Å². The zero-order valence-corrected chi connectivity index (χ0v) is 5.99. The molecule has 1 aromatic rings. The molecular formula is C6H8NOP. The Balaban J connectivity index is 3.25. The number of phenolic OH excluding ortho intramolecular Hbond substituents is 1. The van der Waals surface area contributed by atoms with E-state index < -0.39 is 0 Å². The Morgan fingerprint density at radius 1 is 1.44 bits per heavy atom. The molecular weight excluding hydrogens is 133 g/mol. The van der Waals surface area contributed by atoms with Crippen LogP contribution in [-0.4, -0.2) is 5.11 Å². The first-order valence-electron chi connectivity index (χ1n) is 2.54. The van der Waals surface area contributed by atoms with Gasteiger partial charge in [-0.3, -0.25) is 0 Å². The fourth-order valence-corrected chi connectivity index (χ4v) is 0.763. The van der Waals surface area contributed by atoms with Crippen molar-refractivity contribution >= 4 is 20.2 Å². The number of aromatic hydroxyl groups is 1. The normalized spacial score (nSPS) is 9.44. The molecule has 0 saturated carbocycles. The maximum atomic E-state index is 9.00. The van der Waals surface area contributed by atoms with Crippen LogP contribution in [0.5, 0.6) is 5.75 Å². The molecule has 0 saturated heterocycles. The molecule has 1 aromatic carbocycles. The van der Waals surface area contributed by atoms with E-state index in [0.29, 0.717) is 11.0 Å².